The monoisotopic (exact) mass is 237 g/mol. The quantitative estimate of drug-likeness (QED) is 0.851. The van der Waals surface area contributed by atoms with Gasteiger partial charge in [0, 0.05) is 12.1 Å². The summed E-state index contributed by atoms with van der Waals surface area (Å²) in [6.45, 7) is 2.37. The van der Waals surface area contributed by atoms with Crippen molar-refractivity contribution in [1.29, 1.82) is 0 Å². The lowest BCUT2D eigenvalue weighted by Crippen LogP contribution is -2.37. The number of hydrogen-bond donors (Lipinski definition) is 1. The van der Waals surface area contributed by atoms with Crippen molar-refractivity contribution < 1.29 is 14.3 Å². The van der Waals surface area contributed by atoms with E-state index in [1.54, 1.807) is 17.9 Å². The van der Waals surface area contributed by atoms with Crippen LogP contribution in [0.15, 0.2) is 18.2 Å². The number of carbonyl (C=O) groups is 1. The molecular formula is C13H16FNO2. The standard InChI is InChI=1S/C13H16FNO2/c1-9-5-10(7-11(14)6-9)13(17)15-4-2-3-12(15)8-16/h5-7,12,16H,2-4,8H2,1H3/t12-/m1/s1. The molecule has 1 aliphatic heterocycles. The Bertz CT molecular complexity index is 413. The third kappa shape index (κ3) is 2.47. The van der Waals surface area contributed by atoms with Crippen molar-refractivity contribution in [3.8, 4) is 0 Å². The Balaban J connectivity index is 2.24. The zero-order chi connectivity index (χ0) is 12.4. The second-order valence-corrected chi connectivity index (χ2v) is 4.49. The maximum absolute atomic E-state index is 13.2. The largest absolute Gasteiger partial charge is 0.394 e. The summed E-state index contributed by atoms with van der Waals surface area (Å²) in [6.07, 6.45) is 1.71. The van der Waals surface area contributed by atoms with Crippen molar-refractivity contribution in [2.24, 2.45) is 0 Å². The number of benzene rings is 1. The zero-order valence-corrected chi connectivity index (χ0v) is 9.82. The molecule has 0 radical (unpaired) electrons. The van der Waals surface area contributed by atoms with Crippen LogP contribution in [-0.2, 0) is 0 Å². The van der Waals surface area contributed by atoms with Crippen LogP contribution in [0.25, 0.3) is 0 Å². The van der Waals surface area contributed by atoms with E-state index in [0.717, 1.165) is 18.4 Å². The van der Waals surface area contributed by atoms with Crippen molar-refractivity contribution in [2.45, 2.75) is 25.8 Å². The van der Waals surface area contributed by atoms with Crippen LogP contribution in [0.3, 0.4) is 0 Å². The molecule has 1 heterocycles. The van der Waals surface area contributed by atoms with Gasteiger partial charge in [-0.2, -0.15) is 0 Å². The lowest BCUT2D eigenvalue weighted by molar-refractivity contribution is 0.0677. The van der Waals surface area contributed by atoms with Crippen LogP contribution in [-0.4, -0.2) is 35.1 Å². The van der Waals surface area contributed by atoms with Crippen molar-refractivity contribution in [2.75, 3.05) is 13.2 Å². The molecule has 0 unspecified atom stereocenters. The molecule has 0 aliphatic carbocycles. The summed E-state index contributed by atoms with van der Waals surface area (Å²) in [5, 5.41) is 9.17. The number of aryl methyl sites for hydroxylation is 1. The third-order valence-corrected chi connectivity index (χ3v) is 3.14. The normalized spacial score (nSPS) is 19.7. The summed E-state index contributed by atoms with van der Waals surface area (Å²) >= 11 is 0. The van der Waals surface area contributed by atoms with Gasteiger partial charge in [0.15, 0.2) is 0 Å². The van der Waals surface area contributed by atoms with E-state index in [2.05, 4.69) is 0 Å². The van der Waals surface area contributed by atoms with E-state index in [9.17, 15) is 14.3 Å². The third-order valence-electron chi connectivity index (χ3n) is 3.14. The van der Waals surface area contributed by atoms with Gasteiger partial charge in [0.2, 0.25) is 0 Å². The Labute approximate surface area is 99.9 Å². The van der Waals surface area contributed by atoms with Gasteiger partial charge < -0.3 is 10.0 Å². The van der Waals surface area contributed by atoms with Crippen LogP contribution in [0, 0.1) is 12.7 Å². The van der Waals surface area contributed by atoms with Crippen molar-refractivity contribution >= 4 is 5.91 Å². The molecule has 1 atom stereocenters. The summed E-state index contributed by atoms with van der Waals surface area (Å²) < 4.78 is 13.2. The first-order valence-corrected chi connectivity index (χ1v) is 5.81. The molecule has 1 N–H and O–H groups in total. The molecule has 2 rings (SSSR count). The number of likely N-dealkylation sites (tertiary alicyclic amines) is 1. The number of rotatable bonds is 2. The Morgan fingerprint density at radius 3 is 2.94 bits per heavy atom. The second kappa shape index (κ2) is 4.84. The number of aliphatic hydroxyl groups excluding tert-OH is 1. The minimum absolute atomic E-state index is 0.0277. The van der Waals surface area contributed by atoms with Crippen LogP contribution >= 0.6 is 0 Å². The first-order valence-electron chi connectivity index (χ1n) is 5.81. The molecular weight excluding hydrogens is 221 g/mol. The first kappa shape index (κ1) is 12.0. The average Bonchev–Trinajstić information content (AvgIpc) is 2.74. The van der Waals surface area contributed by atoms with E-state index in [-0.39, 0.29) is 18.6 Å². The summed E-state index contributed by atoms with van der Waals surface area (Å²) in [5.74, 6) is -0.586. The van der Waals surface area contributed by atoms with Gasteiger partial charge in [-0.15, -0.1) is 0 Å². The number of nitrogens with zero attached hydrogens (tertiary/aromatic N) is 1. The van der Waals surface area contributed by atoms with Gasteiger partial charge in [-0.3, -0.25) is 4.79 Å². The van der Waals surface area contributed by atoms with Gasteiger partial charge in [0.25, 0.3) is 5.91 Å². The van der Waals surface area contributed by atoms with E-state index in [4.69, 9.17) is 0 Å². The number of hydrogen-bond acceptors (Lipinski definition) is 2. The second-order valence-electron chi connectivity index (χ2n) is 4.49. The molecule has 92 valence electrons. The number of halogens is 1. The summed E-state index contributed by atoms with van der Waals surface area (Å²) in [6, 6.07) is 4.20. The molecule has 1 saturated heterocycles. The lowest BCUT2D eigenvalue weighted by Gasteiger charge is -2.23. The number of carbonyl (C=O) groups excluding carboxylic acids is 1. The number of aliphatic hydroxyl groups is 1. The molecule has 17 heavy (non-hydrogen) atoms. The van der Waals surface area contributed by atoms with Crippen LogP contribution in [0.1, 0.15) is 28.8 Å². The van der Waals surface area contributed by atoms with E-state index < -0.39 is 5.82 Å². The van der Waals surface area contributed by atoms with Crippen LogP contribution in [0.4, 0.5) is 4.39 Å². The zero-order valence-electron chi connectivity index (χ0n) is 9.82. The Hall–Kier alpha value is -1.42. The highest BCUT2D eigenvalue weighted by Gasteiger charge is 2.28. The number of amides is 1. The molecule has 1 fully saturated rings. The highest BCUT2D eigenvalue weighted by molar-refractivity contribution is 5.94. The minimum atomic E-state index is -0.395. The molecule has 3 nitrogen and oxygen atoms in total. The average molecular weight is 237 g/mol. The molecule has 1 aromatic carbocycles. The predicted molar refractivity (Wildman–Crippen MR) is 62.3 cm³/mol. The van der Waals surface area contributed by atoms with Gasteiger partial charge in [-0.1, -0.05) is 0 Å². The fraction of sp³-hybridized carbons (Fsp3) is 0.462. The topological polar surface area (TPSA) is 40.5 Å². The van der Waals surface area contributed by atoms with Gasteiger partial charge in [0.1, 0.15) is 5.82 Å². The summed E-state index contributed by atoms with van der Waals surface area (Å²) in [5.41, 5.74) is 1.09. The van der Waals surface area contributed by atoms with E-state index in [1.807, 2.05) is 0 Å². The molecule has 0 aromatic heterocycles. The first-order chi connectivity index (χ1) is 8.11. The Morgan fingerprint density at radius 2 is 2.29 bits per heavy atom. The molecule has 1 aromatic rings. The highest BCUT2D eigenvalue weighted by atomic mass is 19.1. The van der Waals surface area contributed by atoms with E-state index in [1.165, 1.54) is 12.1 Å². The van der Waals surface area contributed by atoms with Crippen LogP contribution in [0.5, 0.6) is 0 Å². The molecule has 0 spiro atoms. The summed E-state index contributed by atoms with van der Waals surface area (Å²) in [7, 11) is 0. The van der Waals surface area contributed by atoms with Crippen molar-refractivity contribution in [3.63, 3.8) is 0 Å². The molecule has 1 aliphatic rings. The van der Waals surface area contributed by atoms with Gasteiger partial charge in [-0.05, 0) is 43.5 Å². The van der Waals surface area contributed by atoms with E-state index >= 15 is 0 Å². The van der Waals surface area contributed by atoms with Gasteiger partial charge >= 0.3 is 0 Å². The maximum atomic E-state index is 13.2. The molecule has 0 saturated carbocycles. The van der Waals surface area contributed by atoms with Crippen molar-refractivity contribution in [1.82, 2.24) is 4.90 Å². The fourth-order valence-corrected chi connectivity index (χ4v) is 2.32. The molecule has 4 heteroatoms. The minimum Gasteiger partial charge on any atom is -0.394 e. The van der Waals surface area contributed by atoms with Gasteiger partial charge in [-0.25, -0.2) is 4.39 Å². The van der Waals surface area contributed by atoms with E-state index in [0.29, 0.717) is 12.1 Å². The Morgan fingerprint density at radius 1 is 1.53 bits per heavy atom. The SMILES string of the molecule is Cc1cc(F)cc(C(=O)N2CCC[C@@H]2CO)c1. The smallest absolute Gasteiger partial charge is 0.254 e. The van der Waals surface area contributed by atoms with Gasteiger partial charge in [0.05, 0.1) is 12.6 Å². The lowest BCUT2D eigenvalue weighted by atomic mass is 10.1. The highest BCUT2D eigenvalue weighted by Crippen LogP contribution is 2.20. The molecule has 0 bridgehead atoms. The maximum Gasteiger partial charge on any atom is 0.254 e. The predicted octanol–water partition coefficient (Wildman–Crippen LogP) is 1.73. The Kier molecular flexibility index (Phi) is 3.43. The van der Waals surface area contributed by atoms with Crippen LogP contribution in [0.2, 0.25) is 0 Å². The van der Waals surface area contributed by atoms with Crippen molar-refractivity contribution in [3.05, 3.63) is 35.1 Å². The summed E-state index contributed by atoms with van der Waals surface area (Å²) in [4.78, 5) is 13.8. The van der Waals surface area contributed by atoms with Crippen LogP contribution < -0.4 is 0 Å². The fourth-order valence-electron chi connectivity index (χ4n) is 2.32. The molecule has 1 amide bonds.